The fourth-order valence-corrected chi connectivity index (χ4v) is 1.73. The third-order valence-electron chi connectivity index (χ3n) is 3.05. The molecule has 2 N–H and O–H groups in total. The van der Waals surface area contributed by atoms with Gasteiger partial charge >= 0.3 is 0 Å². The highest BCUT2D eigenvalue weighted by Gasteiger charge is 2.20. The van der Waals surface area contributed by atoms with Crippen LogP contribution in [0.5, 0.6) is 0 Å². The summed E-state index contributed by atoms with van der Waals surface area (Å²) in [6.07, 6.45) is 3.07. The van der Waals surface area contributed by atoms with E-state index in [1.54, 1.807) is 0 Å². The quantitative estimate of drug-likeness (QED) is 0.777. The monoisotopic (exact) mass is 191 g/mol. The first-order chi connectivity index (χ1) is 6.59. The van der Waals surface area contributed by atoms with E-state index in [-0.39, 0.29) is 5.54 Å². The molecule has 0 aromatic heterocycles. The lowest BCUT2D eigenvalue weighted by Gasteiger charge is -2.26. The molecule has 1 heteroatoms. The number of benzene rings is 1. The van der Waals surface area contributed by atoms with Crippen LogP contribution < -0.4 is 5.73 Å². The first kappa shape index (κ1) is 11.3. The van der Waals surface area contributed by atoms with Gasteiger partial charge in [0.1, 0.15) is 0 Å². The standard InChI is InChI=1S/C13H21N/c1-4-13(14,5-2)10-12-8-6-7-11(3)9-12/h6-9H,4-5,10,14H2,1-3H3. The highest BCUT2D eigenvalue weighted by atomic mass is 14.7. The second-order valence-electron chi connectivity index (χ2n) is 4.24. The van der Waals surface area contributed by atoms with E-state index in [1.807, 2.05) is 0 Å². The average molecular weight is 191 g/mol. The summed E-state index contributed by atoms with van der Waals surface area (Å²) in [5, 5.41) is 0. The minimum atomic E-state index is -0.0200. The molecule has 0 saturated heterocycles. The topological polar surface area (TPSA) is 26.0 Å². The molecule has 0 aliphatic heterocycles. The summed E-state index contributed by atoms with van der Waals surface area (Å²) in [6.45, 7) is 6.46. The Bertz CT molecular complexity index is 287. The van der Waals surface area contributed by atoms with Crippen molar-refractivity contribution in [3.63, 3.8) is 0 Å². The Kier molecular flexibility index (Phi) is 3.70. The van der Waals surface area contributed by atoms with Gasteiger partial charge in [0.2, 0.25) is 0 Å². The van der Waals surface area contributed by atoms with Gasteiger partial charge < -0.3 is 5.73 Å². The molecule has 0 bridgehead atoms. The molecule has 0 amide bonds. The maximum Gasteiger partial charge on any atom is 0.0189 e. The first-order valence-corrected chi connectivity index (χ1v) is 5.44. The van der Waals surface area contributed by atoms with Gasteiger partial charge in [-0.25, -0.2) is 0 Å². The van der Waals surface area contributed by atoms with Crippen LogP contribution >= 0.6 is 0 Å². The zero-order valence-corrected chi connectivity index (χ0v) is 9.51. The molecular weight excluding hydrogens is 170 g/mol. The molecule has 0 aliphatic carbocycles. The molecule has 0 unspecified atom stereocenters. The van der Waals surface area contributed by atoms with Gasteiger partial charge in [0.25, 0.3) is 0 Å². The summed E-state index contributed by atoms with van der Waals surface area (Å²) in [5.74, 6) is 0. The predicted molar refractivity (Wildman–Crippen MR) is 62.4 cm³/mol. The van der Waals surface area contributed by atoms with Crippen molar-refractivity contribution in [1.29, 1.82) is 0 Å². The van der Waals surface area contributed by atoms with Crippen LogP contribution in [0, 0.1) is 6.92 Å². The van der Waals surface area contributed by atoms with E-state index in [9.17, 15) is 0 Å². The summed E-state index contributed by atoms with van der Waals surface area (Å²) in [4.78, 5) is 0. The Hall–Kier alpha value is -0.820. The van der Waals surface area contributed by atoms with Crippen LogP contribution in [0.3, 0.4) is 0 Å². The van der Waals surface area contributed by atoms with Crippen molar-refractivity contribution < 1.29 is 0 Å². The van der Waals surface area contributed by atoms with Crippen molar-refractivity contribution in [2.24, 2.45) is 5.73 Å². The molecular formula is C13H21N. The van der Waals surface area contributed by atoms with Crippen LogP contribution in [0.2, 0.25) is 0 Å². The fraction of sp³-hybridized carbons (Fsp3) is 0.538. The lowest BCUT2D eigenvalue weighted by molar-refractivity contribution is 0.393. The molecule has 0 heterocycles. The number of hydrogen-bond donors (Lipinski definition) is 1. The van der Waals surface area contributed by atoms with Gasteiger partial charge in [-0.2, -0.15) is 0 Å². The van der Waals surface area contributed by atoms with E-state index >= 15 is 0 Å². The molecule has 0 saturated carbocycles. The van der Waals surface area contributed by atoms with Crippen LogP contribution in [-0.4, -0.2) is 5.54 Å². The molecule has 0 radical (unpaired) electrons. The van der Waals surface area contributed by atoms with Gasteiger partial charge in [-0.3, -0.25) is 0 Å². The molecule has 1 nitrogen and oxygen atoms in total. The van der Waals surface area contributed by atoms with Crippen LogP contribution in [-0.2, 0) is 6.42 Å². The Labute approximate surface area is 87.3 Å². The van der Waals surface area contributed by atoms with E-state index in [0.717, 1.165) is 19.3 Å². The number of hydrogen-bond acceptors (Lipinski definition) is 1. The van der Waals surface area contributed by atoms with Crippen molar-refractivity contribution in [2.75, 3.05) is 0 Å². The Morgan fingerprint density at radius 3 is 2.36 bits per heavy atom. The Balaban J connectivity index is 2.77. The Morgan fingerprint density at radius 1 is 1.21 bits per heavy atom. The minimum absolute atomic E-state index is 0.0200. The van der Waals surface area contributed by atoms with E-state index < -0.39 is 0 Å². The summed E-state index contributed by atoms with van der Waals surface area (Å²) < 4.78 is 0. The largest absolute Gasteiger partial charge is 0.325 e. The zero-order chi connectivity index (χ0) is 10.6. The molecule has 78 valence electrons. The first-order valence-electron chi connectivity index (χ1n) is 5.44. The van der Waals surface area contributed by atoms with Crippen molar-refractivity contribution in [2.45, 2.75) is 45.6 Å². The lowest BCUT2D eigenvalue weighted by atomic mass is 9.86. The van der Waals surface area contributed by atoms with Crippen LogP contribution in [0.1, 0.15) is 37.8 Å². The summed E-state index contributed by atoms with van der Waals surface area (Å²) in [7, 11) is 0. The maximum absolute atomic E-state index is 6.28. The summed E-state index contributed by atoms with van der Waals surface area (Å²) >= 11 is 0. The van der Waals surface area contributed by atoms with Crippen LogP contribution in [0.4, 0.5) is 0 Å². The Morgan fingerprint density at radius 2 is 1.86 bits per heavy atom. The average Bonchev–Trinajstić information content (AvgIpc) is 2.18. The molecule has 0 fully saturated rings. The SMILES string of the molecule is CCC(N)(CC)Cc1cccc(C)c1. The van der Waals surface area contributed by atoms with E-state index in [4.69, 9.17) is 5.73 Å². The van der Waals surface area contributed by atoms with E-state index in [1.165, 1.54) is 11.1 Å². The zero-order valence-electron chi connectivity index (χ0n) is 9.51. The van der Waals surface area contributed by atoms with E-state index in [2.05, 4.69) is 45.0 Å². The molecule has 0 spiro atoms. The second kappa shape index (κ2) is 4.61. The van der Waals surface area contributed by atoms with Crippen LogP contribution in [0.15, 0.2) is 24.3 Å². The molecule has 0 atom stereocenters. The van der Waals surface area contributed by atoms with Crippen molar-refractivity contribution >= 4 is 0 Å². The van der Waals surface area contributed by atoms with Gasteiger partial charge in [-0.05, 0) is 31.7 Å². The molecule has 1 aromatic carbocycles. The van der Waals surface area contributed by atoms with Gasteiger partial charge in [-0.15, -0.1) is 0 Å². The van der Waals surface area contributed by atoms with E-state index in [0.29, 0.717) is 0 Å². The third kappa shape index (κ3) is 2.85. The van der Waals surface area contributed by atoms with Crippen molar-refractivity contribution in [3.8, 4) is 0 Å². The highest BCUT2D eigenvalue weighted by molar-refractivity contribution is 5.23. The number of nitrogens with two attached hydrogens (primary N) is 1. The van der Waals surface area contributed by atoms with Gasteiger partial charge in [0.05, 0.1) is 0 Å². The second-order valence-corrected chi connectivity index (χ2v) is 4.24. The number of aryl methyl sites for hydroxylation is 1. The minimum Gasteiger partial charge on any atom is -0.325 e. The normalized spacial score (nSPS) is 11.7. The molecule has 1 rings (SSSR count). The van der Waals surface area contributed by atoms with Gasteiger partial charge in [0.15, 0.2) is 0 Å². The maximum atomic E-state index is 6.28. The molecule has 14 heavy (non-hydrogen) atoms. The summed E-state index contributed by atoms with van der Waals surface area (Å²) in [5.41, 5.74) is 8.93. The summed E-state index contributed by atoms with van der Waals surface area (Å²) in [6, 6.07) is 8.63. The number of rotatable bonds is 4. The van der Waals surface area contributed by atoms with Crippen molar-refractivity contribution in [3.05, 3.63) is 35.4 Å². The highest BCUT2D eigenvalue weighted by Crippen LogP contribution is 2.18. The molecule has 1 aromatic rings. The fourth-order valence-electron chi connectivity index (χ4n) is 1.73. The predicted octanol–water partition coefficient (Wildman–Crippen LogP) is 3.06. The van der Waals surface area contributed by atoms with Crippen LogP contribution in [0.25, 0.3) is 0 Å². The van der Waals surface area contributed by atoms with Gasteiger partial charge in [0, 0.05) is 5.54 Å². The van der Waals surface area contributed by atoms with Crippen molar-refractivity contribution in [1.82, 2.24) is 0 Å². The third-order valence-corrected chi connectivity index (χ3v) is 3.05. The molecule has 0 aliphatic rings. The van der Waals surface area contributed by atoms with Gasteiger partial charge in [-0.1, -0.05) is 43.7 Å². The lowest BCUT2D eigenvalue weighted by Crippen LogP contribution is -2.40. The smallest absolute Gasteiger partial charge is 0.0189 e.